The molecule has 0 N–H and O–H groups in total. The number of hydrogen-bond donors (Lipinski definition) is 0. The highest BCUT2D eigenvalue weighted by molar-refractivity contribution is 6.58. The minimum atomic E-state index is -1.87. The molecule has 0 radical (unpaired) electrons. The van der Waals surface area contributed by atoms with Crippen LogP contribution in [-0.2, 0) is 9.59 Å². The van der Waals surface area contributed by atoms with E-state index >= 15 is 0 Å². The zero-order chi connectivity index (χ0) is 23.7. The first kappa shape index (κ1) is 20.1. The second kappa shape index (κ2) is 6.96. The Bertz CT molecular complexity index is 1550. The third-order valence-electron chi connectivity index (χ3n) is 6.75. The first-order valence-corrected chi connectivity index (χ1v) is 10.7. The van der Waals surface area contributed by atoms with Crippen molar-refractivity contribution in [3.05, 3.63) is 95.1 Å². The number of ketones is 6. The maximum atomic E-state index is 13.7. The molecule has 6 heteroatoms. The summed E-state index contributed by atoms with van der Waals surface area (Å²) >= 11 is 0. The fourth-order valence-electron chi connectivity index (χ4n) is 5.16. The van der Waals surface area contributed by atoms with Gasteiger partial charge in [-0.1, -0.05) is 60.7 Å². The van der Waals surface area contributed by atoms with Crippen LogP contribution in [0.25, 0.3) is 21.5 Å². The van der Waals surface area contributed by atoms with Gasteiger partial charge in [-0.05, 0) is 33.7 Å². The largest absolute Gasteiger partial charge is 0.293 e. The van der Waals surface area contributed by atoms with Crippen LogP contribution in [0.15, 0.2) is 72.8 Å². The molecule has 2 atom stereocenters. The Morgan fingerprint density at radius 3 is 1.21 bits per heavy atom. The molecule has 0 saturated carbocycles. The molecule has 0 aliphatic heterocycles. The highest BCUT2D eigenvalue weighted by Crippen LogP contribution is 2.39. The summed E-state index contributed by atoms with van der Waals surface area (Å²) in [5, 5.41) is 2.24. The lowest BCUT2D eigenvalue weighted by Crippen LogP contribution is -2.50. The van der Waals surface area contributed by atoms with Crippen LogP contribution in [0.3, 0.4) is 0 Å². The lowest BCUT2D eigenvalue weighted by atomic mass is 9.66. The molecule has 6 rings (SSSR count). The van der Waals surface area contributed by atoms with E-state index in [0.717, 1.165) is 0 Å². The molecule has 4 aromatic carbocycles. The van der Waals surface area contributed by atoms with Crippen LogP contribution in [-0.4, -0.2) is 34.7 Å². The highest BCUT2D eigenvalue weighted by atomic mass is 16.2. The topological polar surface area (TPSA) is 102 Å². The summed E-state index contributed by atoms with van der Waals surface area (Å²) in [5.41, 5.74) is -0.107. The van der Waals surface area contributed by atoms with Crippen LogP contribution in [0, 0.1) is 11.8 Å². The molecule has 0 aromatic heterocycles. The van der Waals surface area contributed by atoms with Crippen molar-refractivity contribution < 1.29 is 28.8 Å². The number of rotatable bonds is 1. The Hall–Kier alpha value is -4.58. The van der Waals surface area contributed by atoms with Crippen LogP contribution >= 0.6 is 0 Å². The average Bonchev–Trinajstić information content (AvgIpc) is 2.86. The number of carbonyl (C=O) groups is 6. The second-order valence-corrected chi connectivity index (χ2v) is 8.49. The zero-order valence-corrected chi connectivity index (χ0v) is 17.5. The molecule has 0 spiro atoms. The van der Waals surface area contributed by atoms with Crippen molar-refractivity contribution in [2.24, 2.45) is 11.8 Å². The third-order valence-corrected chi connectivity index (χ3v) is 6.75. The third kappa shape index (κ3) is 2.50. The summed E-state index contributed by atoms with van der Waals surface area (Å²) in [5.74, 6) is -9.50. The van der Waals surface area contributed by atoms with E-state index in [1.165, 1.54) is 12.1 Å². The Morgan fingerprint density at radius 2 is 0.794 bits per heavy atom. The van der Waals surface area contributed by atoms with Gasteiger partial charge in [-0.3, -0.25) is 28.8 Å². The average molecular weight is 446 g/mol. The zero-order valence-electron chi connectivity index (χ0n) is 17.5. The van der Waals surface area contributed by atoms with E-state index in [1.54, 1.807) is 60.7 Å². The van der Waals surface area contributed by atoms with Crippen molar-refractivity contribution in [1.29, 1.82) is 0 Å². The molecule has 6 nitrogen and oxygen atoms in total. The van der Waals surface area contributed by atoms with Crippen LogP contribution in [0.2, 0.25) is 0 Å². The summed E-state index contributed by atoms with van der Waals surface area (Å²) in [7, 11) is 0. The van der Waals surface area contributed by atoms with Crippen LogP contribution < -0.4 is 0 Å². The molecular weight excluding hydrogens is 432 g/mol. The van der Waals surface area contributed by atoms with Gasteiger partial charge in [0.15, 0.2) is 11.6 Å². The van der Waals surface area contributed by atoms with Crippen molar-refractivity contribution in [3.8, 4) is 0 Å². The van der Waals surface area contributed by atoms with Gasteiger partial charge < -0.3 is 0 Å². The molecule has 2 aliphatic rings. The van der Waals surface area contributed by atoms with E-state index < -0.39 is 46.5 Å². The van der Waals surface area contributed by atoms with Gasteiger partial charge in [-0.2, -0.15) is 0 Å². The molecule has 0 fully saturated rings. The molecule has 34 heavy (non-hydrogen) atoms. The number of benzene rings is 4. The predicted molar refractivity (Wildman–Crippen MR) is 122 cm³/mol. The molecular formula is C28H14O6. The number of Topliss-reactive ketones (excluding diaryl/α,β-unsaturated/α-hetero) is 6. The fourth-order valence-corrected chi connectivity index (χ4v) is 5.16. The Morgan fingerprint density at radius 1 is 0.412 bits per heavy atom. The molecule has 2 aliphatic carbocycles. The Balaban J connectivity index is 1.58. The molecule has 4 aromatic rings. The van der Waals surface area contributed by atoms with E-state index in [4.69, 9.17) is 0 Å². The predicted octanol–water partition coefficient (Wildman–Crippen LogP) is 3.82. The van der Waals surface area contributed by atoms with Crippen LogP contribution in [0.5, 0.6) is 0 Å². The summed E-state index contributed by atoms with van der Waals surface area (Å²) in [4.78, 5) is 79.6. The smallest absolute Gasteiger partial charge is 0.230 e. The van der Waals surface area contributed by atoms with Gasteiger partial charge in [0.1, 0.15) is 11.8 Å². The van der Waals surface area contributed by atoms with Crippen molar-refractivity contribution in [2.75, 3.05) is 0 Å². The monoisotopic (exact) mass is 446 g/mol. The van der Waals surface area contributed by atoms with E-state index in [0.29, 0.717) is 21.5 Å². The minimum absolute atomic E-state index is 0.00413. The number of fused-ring (bicyclic) bond motifs is 6. The fraction of sp³-hybridized carbons (Fsp3) is 0.0714. The Kier molecular flexibility index (Phi) is 4.10. The van der Waals surface area contributed by atoms with E-state index in [2.05, 4.69) is 0 Å². The molecule has 0 bridgehead atoms. The van der Waals surface area contributed by atoms with Gasteiger partial charge in [-0.25, -0.2) is 0 Å². The second-order valence-electron chi connectivity index (χ2n) is 8.49. The SMILES string of the molecule is O=C1C(=O)C(C2C(=O)C(=O)c3ccc4ccccc4c3C2=O)C(=O)c2c1ccc1ccccc21. The quantitative estimate of drug-likeness (QED) is 0.325. The number of carbonyl (C=O) groups excluding carboxylic acids is 6. The molecule has 162 valence electrons. The standard InChI is InChI=1S/C28H14O6/c29-23-17-11-9-13-5-1-3-7-15(13)19(17)25(31)21(27(23)33)22-26(32)20-16-8-4-2-6-14(16)10-12-18(20)24(30)28(22)34/h1-12,21-22H. The first-order chi connectivity index (χ1) is 16.4. The molecule has 0 amide bonds. The van der Waals surface area contributed by atoms with Crippen molar-refractivity contribution >= 4 is 56.2 Å². The van der Waals surface area contributed by atoms with Gasteiger partial charge >= 0.3 is 0 Å². The van der Waals surface area contributed by atoms with E-state index in [1.807, 2.05) is 0 Å². The van der Waals surface area contributed by atoms with E-state index in [9.17, 15) is 28.8 Å². The molecule has 0 saturated heterocycles. The Labute approximate surface area is 192 Å². The van der Waals surface area contributed by atoms with Gasteiger partial charge in [0.2, 0.25) is 23.1 Å². The van der Waals surface area contributed by atoms with Gasteiger partial charge in [0.05, 0.1) is 0 Å². The lowest BCUT2D eigenvalue weighted by Gasteiger charge is -2.30. The molecule has 2 unspecified atom stereocenters. The summed E-state index contributed by atoms with van der Waals surface area (Å²) < 4.78 is 0. The van der Waals surface area contributed by atoms with Gasteiger partial charge in [0, 0.05) is 22.3 Å². The van der Waals surface area contributed by atoms with Crippen molar-refractivity contribution in [1.82, 2.24) is 0 Å². The number of hydrogen-bond acceptors (Lipinski definition) is 6. The normalized spacial score (nSPS) is 20.1. The van der Waals surface area contributed by atoms with Crippen molar-refractivity contribution in [3.63, 3.8) is 0 Å². The molecule has 0 heterocycles. The minimum Gasteiger partial charge on any atom is -0.293 e. The maximum Gasteiger partial charge on any atom is 0.230 e. The summed E-state index contributed by atoms with van der Waals surface area (Å²) in [6.07, 6.45) is 0. The first-order valence-electron chi connectivity index (χ1n) is 10.7. The van der Waals surface area contributed by atoms with E-state index in [-0.39, 0.29) is 22.3 Å². The van der Waals surface area contributed by atoms with Crippen molar-refractivity contribution in [2.45, 2.75) is 0 Å². The van der Waals surface area contributed by atoms with Gasteiger partial charge in [0.25, 0.3) is 0 Å². The van der Waals surface area contributed by atoms with Crippen LogP contribution in [0.4, 0.5) is 0 Å². The lowest BCUT2D eigenvalue weighted by molar-refractivity contribution is -0.125. The van der Waals surface area contributed by atoms with Crippen LogP contribution in [0.1, 0.15) is 41.4 Å². The summed E-state index contributed by atoms with van der Waals surface area (Å²) in [6, 6.07) is 19.8. The maximum absolute atomic E-state index is 13.7. The highest BCUT2D eigenvalue weighted by Gasteiger charge is 2.54. The van der Waals surface area contributed by atoms with Gasteiger partial charge in [-0.15, -0.1) is 0 Å². The summed E-state index contributed by atoms with van der Waals surface area (Å²) in [6.45, 7) is 0.